The number of hydrogen-bond acceptors (Lipinski definition) is 5. The van der Waals surface area contributed by atoms with E-state index in [4.69, 9.17) is 14.5 Å². The van der Waals surface area contributed by atoms with E-state index in [1.807, 2.05) is 84.9 Å². The SMILES string of the molecule is C/C=C\C.CCCCn1c(-c2ccccc2)nc(-c2cccc(C(F)(F)F)c2)c1CN(CC/C=C/OC(F)(F)C(F)F)Cc1ccc2c(c1)OCO2. The summed E-state index contributed by atoms with van der Waals surface area (Å²) < 4.78 is 110. The fourth-order valence-corrected chi connectivity index (χ4v) is 5.32. The summed E-state index contributed by atoms with van der Waals surface area (Å²) in [6.07, 6.45) is -5.64. The molecule has 3 aromatic carbocycles. The predicted molar refractivity (Wildman–Crippen MR) is 186 cm³/mol. The zero-order valence-corrected chi connectivity index (χ0v) is 29.2. The summed E-state index contributed by atoms with van der Waals surface area (Å²) in [6, 6.07) is 19.8. The number of allylic oxidation sites excluding steroid dienone is 2. The molecule has 52 heavy (non-hydrogen) atoms. The summed E-state index contributed by atoms with van der Waals surface area (Å²) in [5.74, 6) is 1.73. The van der Waals surface area contributed by atoms with Crippen LogP contribution in [-0.2, 0) is 30.5 Å². The highest BCUT2D eigenvalue weighted by Gasteiger charge is 2.42. The number of fused-ring (bicyclic) bond motifs is 1. The average Bonchev–Trinajstić information content (AvgIpc) is 3.75. The quantitative estimate of drug-likeness (QED) is 0.0692. The van der Waals surface area contributed by atoms with Crippen LogP contribution < -0.4 is 9.47 Å². The molecule has 5 rings (SSSR count). The van der Waals surface area contributed by atoms with Crippen LogP contribution in [0.4, 0.5) is 30.7 Å². The van der Waals surface area contributed by atoms with Crippen molar-refractivity contribution < 1.29 is 44.9 Å². The van der Waals surface area contributed by atoms with E-state index in [-0.39, 0.29) is 31.9 Å². The molecule has 13 heteroatoms. The standard InChI is InChI=1S/C35H34F7N3O3.C4H8/c1-2-3-17-45-28(31(43-32(45)25-10-5-4-6-11-25)26-12-9-13-27(20-26)34(38,39)40)22-44(16-7-8-18-48-35(41,42)33(36)37)21-24-14-15-29-30(19-24)47-23-46-29;1-3-4-2/h4-6,8-15,18-20,33H,2-3,7,16-17,21-23H2,1H3;3-4H,1-2H3/b18-8+;4-3-. The predicted octanol–water partition coefficient (Wildman–Crippen LogP) is 11.1. The van der Waals surface area contributed by atoms with E-state index < -0.39 is 24.3 Å². The van der Waals surface area contributed by atoms with Crippen molar-refractivity contribution in [2.24, 2.45) is 0 Å². The number of alkyl halides is 7. The number of rotatable bonds is 15. The molecule has 1 aliphatic rings. The first kappa shape index (κ1) is 40.0. The molecule has 280 valence electrons. The Morgan fingerprint density at radius 3 is 2.27 bits per heavy atom. The summed E-state index contributed by atoms with van der Waals surface area (Å²) >= 11 is 0. The van der Waals surface area contributed by atoms with Crippen LogP contribution in [0, 0.1) is 0 Å². The normalized spacial score (nSPS) is 13.0. The highest BCUT2D eigenvalue weighted by molar-refractivity contribution is 5.69. The highest BCUT2D eigenvalue weighted by atomic mass is 19.4. The Morgan fingerprint density at radius 2 is 1.60 bits per heavy atom. The van der Waals surface area contributed by atoms with Crippen LogP contribution in [0.25, 0.3) is 22.6 Å². The number of benzene rings is 3. The first-order valence-corrected chi connectivity index (χ1v) is 16.9. The number of aromatic nitrogens is 2. The summed E-state index contributed by atoms with van der Waals surface area (Å²) in [4.78, 5) is 6.90. The lowest BCUT2D eigenvalue weighted by Crippen LogP contribution is -2.28. The fourth-order valence-electron chi connectivity index (χ4n) is 5.32. The minimum Gasteiger partial charge on any atom is -0.454 e. The molecule has 0 bridgehead atoms. The second-order valence-electron chi connectivity index (χ2n) is 11.9. The van der Waals surface area contributed by atoms with Gasteiger partial charge in [0, 0.05) is 37.3 Å². The summed E-state index contributed by atoms with van der Waals surface area (Å²) in [5, 5.41) is 0. The van der Waals surface area contributed by atoms with Gasteiger partial charge in [0.05, 0.1) is 23.2 Å². The third-order valence-corrected chi connectivity index (χ3v) is 8.04. The van der Waals surface area contributed by atoms with Gasteiger partial charge in [-0.3, -0.25) is 4.90 Å². The molecule has 0 radical (unpaired) electrons. The molecule has 0 N–H and O–H groups in total. The van der Waals surface area contributed by atoms with Crippen LogP contribution in [0.3, 0.4) is 0 Å². The molecule has 0 atom stereocenters. The fraction of sp³-hybridized carbons (Fsp3) is 0.359. The molecule has 1 aliphatic heterocycles. The van der Waals surface area contributed by atoms with Gasteiger partial charge >= 0.3 is 18.7 Å². The Labute approximate surface area is 299 Å². The molecule has 0 saturated carbocycles. The van der Waals surface area contributed by atoms with Gasteiger partial charge in [0.2, 0.25) is 6.79 Å². The highest BCUT2D eigenvalue weighted by Crippen LogP contribution is 2.37. The molecule has 0 amide bonds. The molecule has 6 nitrogen and oxygen atoms in total. The zero-order chi connectivity index (χ0) is 37.7. The van der Waals surface area contributed by atoms with Crippen LogP contribution in [0.15, 0.2) is 97.3 Å². The molecule has 1 aromatic heterocycles. The van der Waals surface area contributed by atoms with Crippen LogP contribution in [-0.4, -0.2) is 40.3 Å². The van der Waals surface area contributed by atoms with Crippen LogP contribution in [0.5, 0.6) is 11.5 Å². The first-order chi connectivity index (χ1) is 24.9. The van der Waals surface area contributed by atoms with Crippen molar-refractivity contribution in [2.75, 3.05) is 13.3 Å². The first-order valence-electron chi connectivity index (χ1n) is 16.9. The van der Waals surface area contributed by atoms with Crippen LogP contribution >= 0.6 is 0 Å². The molecule has 4 aromatic rings. The number of imidazole rings is 1. The van der Waals surface area contributed by atoms with Crippen molar-refractivity contribution >= 4 is 0 Å². The lowest BCUT2D eigenvalue weighted by molar-refractivity contribution is -0.274. The van der Waals surface area contributed by atoms with Crippen molar-refractivity contribution in [3.05, 3.63) is 114 Å². The van der Waals surface area contributed by atoms with E-state index >= 15 is 0 Å². The second kappa shape index (κ2) is 18.6. The summed E-state index contributed by atoms with van der Waals surface area (Å²) in [5.41, 5.74) is 2.13. The van der Waals surface area contributed by atoms with Crippen LogP contribution in [0.1, 0.15) is 56.9 Å². The largest absolute Gasteiger partial charge is 0.460 e. The van der Waals surface area contributed by atoms with Crippen LogP contribution in [0.2, 0.25) is 0 Å². The lowest BCUT2D eigenvalue weighted by atomic mass is 10.1. The molecular weight excluding hydrogens is 691 g/mol. The van der Waals surface area contributed by atoms with Gasteiger partial charge in [0.25, 0.3) is 0 Å². The molecule has 0 fully saturated rings. The Balaban J connectivity index is 0.00000144. The Hall–Kier alpha value is -4.78. The van der Waals surface area contributed by atoms with Gasteiger partial charge in [0.1, 0.15) is 5.82 Å². The van der Waals surface area contributed by atoms with Crippen molar-refractivity contribution in [3.63, 3.8) is 0 Å². The van der Waals surface area contributed by atoms with Crippen molar-refractivity contribution in [1.82, 2.24) is 14.5 Å². The lowest BCUT2D eigenvalue weighted by Gasteiger charge is -2.24. The molecule has 0 aliphatic carbocycles. The Kier molecular flexibility index (Phi) is 14.3. The van der Waals surface area contributed by atoms with Gasteiger partial charge in [-0.05, 0) is 62.6 Å². The maximum Gasteiger partial charge on any atom is 0.460 e. The van der Waals surface area contributed by atoms with Gasteiger partial charge < -0.3 is 18.8 Å². The second-order valence-corrected chi connectivity index (χ2v) is 11.9. The summed E-state index contributed by atoms with van der Waals surface area (Å²) in [7, 11) is 0. The van der Waals surface area contributed by atoms with E-state index in [9.17, 15) is 30.7 Å². The molecule has 0 saturated heterocycles. The molecule has 0 spiro atoms. The average molecular weight is 734 g/mol. The van der Waals surface area contributed by atoms with Crippen molar-refractivity contribution in [1.29, 1.82) is 0 Å². The number of ether oxygens (including phenoxy) is 3. The maximum atomic E-state index is 13.8. The van der Waals surface area contributed by atoms with E-state index in [1.165, 1.54) is 12.1 Å². The van der Waals surface area contributed by atoms with E-state index in [2.05, 4.69) is 4.74 Å². The Bertz CT molecular complexity index is 1770. The minimum atomic E-state index is -4.62. The third kappa shape index (κ3) is 10.9. The van der Waals surface area contributed by atoms with Crippen molar-refractivity contribution in [2.45, 2.75) is 78.4 Å². The monoisotopic (exact) mass is 733 g/mol. The van der Waals surface area contributed by atoms with Crippen molar-refractivity contribution in [3.8, 4) is 34.1 Å². The van der Waals surface area contributed by atoms with E-state index in [0.717, 1.165) is 36.1 Å². The Morgan fingerprint density at radius 1 is 0.885 bits per heavy atom. The maximum absolute atomic E-state index is 13.8. The minimum absolute atomic E-state index is 0.0791. The molecular formula is C39H42F7N3O3. The van der Waals surface area contributed by atoms with Gasteiger partial charge in [-0.15, -0.1) is 0 Å². The number of unbranched alkanes of at least 4 members (excludes halogenated alkanes) is 1. The van der Waals surface area contributed by atoms with Gasteiger partial charge in [-0.1, -0.05) is 74.0 Å². The third-order valence-electron chi connectivity index (χ3n) is 8.04. The molecule has 0 unspecified atom stereocenters. The number of nitrogens with zero attached hydrogens (tertiary/aromatic N) is 3. The van der Waals surface area contributed by atoms with Gasteiger partial charge in [0.15, 0.2) is 11.5 Å². The summed E-state index contributed by atoms with van der Waals surface area (Å²) in [6.45, 7) is 7.42. The molecule has 2 heterocycles. The van der Waals surface area contributed by atoms with E-state index in [0.29, 0.717) is 48.1 Å². The number of halogens is 7. The topological polar surface area (TPSA) is 48.8 Å². The van der Waals surface area contributed by atoms with E-state index in [1.54, 1.807) is 12.1 Å². The number of hydrogen-bond donors (Lipinski definition) is 0. The van der Waals surface area contributed by atoms with Gasteiger partial charge in [-0.2, -0.15) is 30.7 Å². The van der Waals surface area contributed by atoms with Gasteiger partial charge in [-0.25, -0.2) is 4.98 Å². The zero-order valence-electron chi connectivity index (χ0n) is 29.2. The smallest absolute Gasteiger partial charge is 0.454 e.